The lowest BCUT2D eigenvalue weighted by atomic mass is 9.72. The van der Waals surface area contributed by atoms with Crippen LogP contribution in [-0.4, -0.2) is 5.97 Å². The fourth-order valence-electron chi connectivity index (χ4n) is 2.71. The molecule has 3 nitrogen and oxygen atoms in total. The van der Waals surface area contributed by atoms with Crippen molar-refractivity contribution in [2.45, 2.75) is 67.2 Å². The van der Waals surface area contributed by atoms with Crippen LogP contribution in [0.1, 0.15) is 72.9 Å². The molecule has 22 heavy (non-hydrogen) atoms. The Bertz CT molecular complexity index is 546. The number of carbonyl (C=O) groups is 1. The maximum absolute atomic E-state index is 11.0. The molecule has 3 heteroatoms. The highest BCUT2D eigenvalue weighted by molar-refractivity contribution is 5.70. The average molecular weight is 303 g/mol. The summed E-state index contributed by atoms with van der Waals surface area (Å²) in [7, 11) is 0. The molecule has 0 atom stereocenters. The van der Waals surface area contributed by atoms with E-state index in [1.165, 1.54) is 6.92 Å². The second-order valence-corrected chi connectivity index (χ2v) is 7.04. The lowest BCUT2D eigenvalue weighted by molar-refractivity contribution is -0.131. The number of carbonyl (C=O) groups excluding carboxylic acids is 1. The highest BCUT2D eigenvalue weighted by atomic mass is 16.5. The largest absolute Gasteiger partial charge is 0.425 e. The number of esters is 1. The zero-order chi connectivity index (χ0) is 17.6. The smallest absolute Gasteiger partial charge is 0.308 e. The van der Waals surface area contributed by atoms with Crippen LogP contribution in [0.25, 0.3) is 0 Å². The first-order valence-electron chi connectivity index (χ1n) is 7.78. The summed E-state index contributed by atoms with van der Waals surface area (Å²) in [6.45, 7) is 16.3. The third-order valence-corrected chi connectivity index (χ3v) is 3.11. The molecule has 0 saturated heterocycles. The molecular formula is C19H29NO2. The maximum Gasteiger partial charge on any atom is 0.308 e. The second kappa shape index (κ2) is 7.98. The predicted molar refractivity (Wildman–Crippen MR) is 90.9 cm³/mol. The molecule has 0 aliphatic rings. The highest BCUT2D eigenvalue weighted by Crippen LogP contribution is 2.37. The standard InChI is InChI=1S/C17H23NO2.C2H6/c1-12(19)20-15-8-7-14(9-13(15)10-18)17(5,6)11-16(2,3)4;1-2/h7-9H,11H2,1-6H3;1-2H3. The van der Waals surface area contributed by atoms with Crippen LogP contribution in [0.4, 0.5) is 0 Å². The molecule has 122 valence electrons. The normalized spacial score (nSPS) is 11.0. The van der Waals surface area contributed by atoms with Crippen molar-refractivity contribution in [1.29, 1.82) is 5.26 Å². The van der Waals surface area contributed by atoms with Gasteiger partial charge in [0.15, 0.2) is 0 Å². The summed E-state index contributed by atoms with van der Waals surface area (Å²) < 4.78 is 5.04. The van der Waals surface area contributed by atoms with E-state index in [0.717, 1.165) is 12.0 Å². The molecule has 1 aromatic rings. The minimum Gasteiger partial charge on any atom is -0.425 e. The van der Waals surface area contributed by atoms with Crippen LogP contribution in [0.3, 0.4) is 0 Å². The molecule has 0 aliphatic carbocycles. The monoisotopic (exact) mass is 303 g/mol. The van der Waals surface area contributed by atoms with Crippen LogP contribution < -0.4 is 4.74 Å². The first-order valence-corrected chi connectivity index (χ1v) is 7.78. The molecule has 0 saturated carbocycles. The highest BCUT2D eigenvalue weighted by Gasteiger charge is 2.28. The van der Waals surface area contributed by atoms with Gasteiger partial charge < -0.3 is 4.74 Å². The Labute approximate surface area is 135 Å². The van der Waals surface area contributed by atoms with Crippen LogP contribution in [-0.2, 0) is 10.2 Å². The molecule has 0 radical (unpaired) electrons. The van der Waals surface area contributed by atoms with Gasteiger partial charge in [-0.05, 0) is 34.9 Å². The Morgan fingerprint density at radius 3 is 2.14 bits per heavy atom. The molecule has 0 heterocycles. The molecule has 0 aromatic heterocycles. The van der Waals surface area contributed by atoms with Crippen molar-refractivity contribution in [3.8, 4) is 11.8 Å². The summed E-state index contributed by atoms with van der Waals surface area (Å²) in [5.41, 5.74) is 1.64. The van der Waals surface area contributed by atoms with Gasteiger partial charge in [-0.3, -0.25) is 4.79 Å². The molecule has 0 N–H and O–H groups in total. The molecular weight excluding hydrogens is 274 g/mol. The molecule has 0 fully saturated rings. The van der Waals surface area contributed by atoms with Gasteiger partial charge in [-0.25, -0.2) is 0 Å². The number of rotatable bonds is 3. The fraction of sp³-hybridized carbons (Fsp3) is 0.579. The third kappa shape index (κ3) is 6.30. The zero-order valence-corrected chi connectivity index (χ0v) is 15.2. The second-order valence-electron chi connectivity index (χ2n) is 7.04. The van der Waals surface area contributed by atoms with E-state index in [0.29, 0.717) is 11.3 Å². The van der Waals surface area contributed by atoms with Crippen LogP contribution >= 0.6 is 0 Å². The summed E-state index contributed by atoms with van der Waals surface area (Å²) in [4.78, 5) is 11.0. The number of nitriles is 1. The van der Waals surface area contributed by atoms with Crippen molar-refractivity contribution in [2.75, 3.05) is 0 Å². The van der Waals surface area contributed by atoms with Gasteiger partial charge in [0.25, 0.3) is 0 Å². The Morgan fingerprint density at radius 1 is 1.18 bits per heavy atom. The number of benzene rings is 1. The topological polar surface area (TPSA) is 50.1 Å². The lowest BCUT2D eigenvalue weighted by Crippen LogP contribution is -2.25. The lowest BCUT2D eigenvalue weighted by Gasteiger charge is -2.33. The van der Waals surface area contributed by atoms with Gasteiger partial charge >= 0.3 is 5.97 Å². The fourth-order valence-corrected chi connectivity index (χ4v) is 2.71. The Balaban J connectivity index is 0.00000211. The average Bonchev–Trinajstić information content (AvgIpc) is 2.38. The molecule has 0 aliphatic heterocycles. The van der Waals surface area contributed by atoms with Crippen LogP contribution in [0.2, 0.25) is 0 Å². The summed E-state index contributed by atoms with van der Waals surface area (Å²) in [5.74, 6) is -0.0847. The molecule has 1 rings (SSSR count). The van der Waals surface area contributed by atoms with E-state index in [2.05, 4.69) is 40.7 Å². The van der Waals surface area contributed by atoms with Crippen LogP contribution in [0.15, 0.2) is 18.2 Å². The molecule has 1 aromatic carbocycles. The van der Waals surface area contributed by atoms with Crippen molar-refractivity contribution in [3.05, 3.63) is 29.3 Å². The SMILES string of the molecule is CC.CC(=O)Oc1ccc(C(C)(C)CC(C)(C)C)cc1C#N. The van der Waals surface area contributed by atoms with Gasteiger partial charge in [0.1, 0.15) is 11.8 Å². The number of ether oxygens (including phenoxy) is 1. The van der Waals surface area contributed by atoms with Gasteiger partial charge in [0.2, 0.25) is 0 Å². The molecule has 0 unspecified atom stereocenters. The van der Waals surface area contributed by atoms with E-state index in [4.69, 9.17) is 4.74 Å². The predicted octanol–water partition coefficient (Wildman–Crippen LogP) is 5.22. The van der Waals surface area contributed by atoms with E-state index in [1.807, 2.05) is 26.0 Å². The van der Waals surface area contributed by atoms with Gasteiger partial charge in [0.05, 0.1) is 5.56 Å². The minimum absolute atomic E-state index is 0.0431. The number of nitrogens with zero attached hydrogens (tertiary/aromatic N) is 1. The number of hydrogen-bond acceptors (Lipinski definition) is 3. The molecule has 0 bridgehead atoms. The molecule has 0 spiro atoms. The van der Waals surface area contributed by atoms with Crippen molar-refractivity contribution >= 4 is 5.97 Å². The zero-order valence-electron chi connectivity index (χ0n) is 15.2. The Kier molecular flexibility index (Phi) is 7.32. The van der Waals surface area contributed by atoms with Crippen molar-refractivity contribution in [1.82, 2.24) is 0 Å². The first kappa shape index (κ1) is 20.2. The third-order valence-electron chi connectivity index (χ3n) is 3.11. The van der Waals surface area contributed by atoms with Gasteiger partial charge in [0, 0.05) is 6.92 Å². The Hall–Kier alpha value is -1.82. The maximum atomic E-state index is 11.0. The van der Waals surface area contributed by atoms with Crippen molar-refractivity contribution < 1.29 is 9.53 Å². The summed E-state index contributed by atoms with van der Waals surface area (Å²) in [5, 5.41) is 9.21. The quantitative estimate of drug-likeness (QED) is 0.568. The van der Waals surface area contributed by atoms with Gasteiger partial charge in [-0.2, -0.15) is 5.26 Å². The summed E-state index contributed by atoms with van der Waals surface area (Å²) in [6.07, 6.45) is 0.998. The number of hydrogen-bond donors (Lipinski definition) is 0. The minimum atomic E-state index is -0.414. The summed E-state index contributed by atoms with van der Waals surface area (Å²) in [6, 6.07) is 7.57. The Morgan fingerprint density at radius 2 is 1.73 bits per heavy atom. The van der Waals surface area contributed by atoms with E-state index in [9.17, 15) is 10.1 Å². The van der Waals surface area contributed by atoms with Crippen LogP contribution in [0, 0.1) is 16.7 Å². The van der Waals surface area contributed by atoms with Crippen LogP contribution in [0.5, 0.6) is 5.75 Å². The van der Waals surface area contributed by atoms with Crippen molar-refractivity contribution in [2.24, 2.45) is 5.41 Å². The summed E-state index contributed by atoms with van der Waals surface area (Å²) >= 11 is 0. The first-order chi connectivity index (χ1) is 10.0. The van der Waals surface area contributed by atoms with Gasteiger partial charge in [-0.15, -0.1) is 0 Å². The van der Waals surface area contributed by atoms with Gasteiger partial charge in [-0.1, -0.05) is 54.5 Å². The van der Waals surface area contributed by atoms with E-state index < -0.39 is 5.97 Å². The van der Waals surface area contributed by atoms with Crippen molar-refractivity contribution in [3.63, 3.8) is 0 Å². The molecule has 0 amide bonds. The van der Waals surface area contributed by atoms with E-state index in [-0.39, 0.29) is 10.8 Å². The van der Waals surface area contributed by atoms with E-state index in [1.54, 1.807) is 6.07 Å². The van der Waals surface area contributed by atoms with E-state index >= 15 is 0 Å².